The Balaban J connectivity index is 2.00. The number of carbonyl (C=O) groups is 2. The second kappa shape index (κ2) is 5.88. The van der Waals surface area contributed by atoms with Crippen LogP contribution in [0.25, 0.3) is 0 Å². The van der Waals surface area contributed by atoms with Crippen LogP contribution in [0.2, 0.25) is 0 Å². The molecule has 1 N–H and O–H groups in total. The lowest BCUT2D eigenvalue weighted by Crippen LogP contribution is -2.54. The van der Waals surface area contributed by atoms with Gasteiger partial charge in [0.1, 0.15) is 0 Å². The molecule has 0 bridgehead atoms. The molecule has 0 radical (unpaired) electrons. The smallest absolute Gasteiger partial charge is 0.334 e. The first kappa shape index (κ1) is 14.3. The molecular formula is C13H22N2O4. The molecule has 2 saturated heterocycles. The van der Waals surface area contributed by atoms with E-state index >= 15 is 0 Å². The van der Waals surface area contributed by atoms with Crippen molar-refractivity contribution in [3.63, 3.8) is 0 Å². The first-order valence-electron chi connectivity index (χ1n) is 6.89. The van der Waals surface area contributed by atoms with E-state index < -0.39 is 12.1 Å². The molecule has 0 saturated carbocycles. The third kappa shape index (κ3) is 3.06. The maximum Gasteiger partial charge on any atom is 0.334 e. The fourth-order valence-corrected chi connectivity index (χ4v) is 2.88. The number of likely N-dealkylation sites (tertiary alicyclic amines) is 1. The Labute approximate surface area is 113 Å². The molecule has 0 aromatic rings. The van der Waals surface area contributed by atoms with Crippen molar-refractivity contribution in [1.82, 2.24) is 9.80 Å². The van der Waals surface area contributed by atoms with Gasteiger partial charge in [-0.2, -0.15) is 0 Å². The van der Waals surface area contributed by atoms with Gasteiger partial charge in [-0.25, -0.2) is 4.79 Å². The van der Waals surface area contributed by atoms with E-state index in [1.54, 1.807) is 4.90 Å². The molecule has 2 atom stereocenters. The van der Waals surface area contributed by atoms with Crippen molar-refractivity contribution in [2.75, 3.05) is 26.2 Å². The van der Waals surface area contributed by atoms with Crippen LogP contribution in [-0.2, 0) is 14.3 Å². The van der Waals surface area contributed by atoms with Gasteiger partial charge in [0, 0.05) is 12.6 Å². The largest absolute Gasteiger partial charge is 0.479 e. The second-order valence-electron chi connectivity index (χ2n) is 5.47. The molecule has 1 amide bonds. The zero-order valence-corrected chi connectivity index (χ0v) is 11.5. The number of hydrogen-bond acceptors (Lipinski definition) is 4. The van der Waals surface area contributed by atoms with E-state index in [4.69, 9.17) is 9.84 Å². The molecule has 6 heteroatoms. The van der Waals surface area contributed by atoms with E-state index in [-0.39, 0.29) is 18.5 Å². The molecule has 0 aliphatic carbocycles. The number of nitrogens with zero attached hydrogens (tertiary/aromatic N) is 2. The summed E-state index contributed by atoms with van der Waals surface area (Å²) < 4.78 is 5.15. The average Bonchev–Trinajstić information content (AvgIpc) is 2.87. The van der Waals surface area contributed by atoms with Crippen molar-refractivity contribution in [2.45, 2.75) is 44.9 Å². The summed E-state index contributed by atoms with van der Waals surface area (Å²) in [7, 11) is 0. The van der Waals surface area contributed by atoms with Gasteiger partial charge < -0.3 is 14.7 Å². The molecule has 108 valence electrons. The Kier molecular flexibility index (Phi) is 4.42. The molecular weight excluding hydrogens is 248 g/mol. The lowest BCUT2D eigenvalue weighted by Gasteiger charge is -2.36. The van der Waals surface area contributed by atoms with Gasteiger partial charge in [0.15, 0.2) is 6.10 Å². The Morgan fingerprint density at radius 2 is 2.05 bits per heavy atom. The Morgan fingerprint density at radius 1 is 1.32 bits per heavy atom. The topological polar surface area (TPSA) is 70.1 Å². The summed E-state index contributed by atoms with van der Waals surface area (Å²) in [6, 6.07) is 0.250. The highest BCUT2D eigenvalue weighted by Gasteiger charge is 2.37. The first-order chi connectivity index (χ1) is 9.00. The highest BCUT2D eigenvalue weighted by atomic mass is 16.5. The molecule has 2 heterocycles. The van der Waals surface area contributed by atoms with Gasteiger partial charge in [0.05, 0.1) is 19.2 Å². The molecule has 0 spiro atoms. The SMILES string of the molecule is CC(C)N1CCC[C@H]1C(=O)N1CCOC(C(=O)O)C1. The molecule has 0 aromatic carbocycles. The maximum absolute atomic E-state index is 12.5. The maximum atomic E-state index is 12.5. The fraction of sp³-hybridized carbons (Fsp3) is 0.846. The summed E-state index contributed by atoms with van der Waals surface area (Å²) in [5.74, 6) is -0.939. The Morgan fingerprint density at radius 3 is 2.68 bits per heavy atom. The third-order valence-electron chi connectivity index (χ3n) is 3.90. The molecule has 0 aromatic heterocycles. The van der Waals surface area contributed by atoms with E-state index in [0.29, 0.717) is 19.2 Å². The molecule has 2 rings (SSSR count). The molecule has 2 aliphatic heterocycles. The minimum atomic E-state index is -0.996. The Hall–Kier alpha value is -1.14. The zero-order valence-electron chi connectivity index (χ0n) is 11.5. The lowest BCUT2D eigenvalue weighted by molar-refractivity contribution is -0.160. The number of carbonyl (C=O) groups excluding carboxylic acids is 1. The highest BCUT2D eigenvalue weighted by Crippen LogP contribution is 2.22. The van der Waals surface area contributed by atoms with E-state index in [2.05, 4.69) is 18.7 Å². The minimum absolute atomic E-state index is 0.0563. The predicted molar refractivity (Wildman–Crippen MR) is 68.8 cm³/mol. The van der Waals surface area contributed by atoms with Crippen molar-refractivity contribution >= 4 is 11.9 Å². The van der Waals surface area contributed by atoms with Crippen LogP contribution >= 0.6 is 0 Å². The van der Waals surface area contributed by atoms with Crippen LogP contribution in [0.1, 0.15) is 26.7 Å². The summed E-state index contributed by atoms with van der Waals surface area (Å²) in [5.41, 5.74) is 0. The van der Waals surface area contributed by atoms with E-state index in [1.807, 2.05) is 0 Å². The predicted octanol–water partition coefficient (Wildman–Crippen LogP) is 0.171. The summed E-state index contributed by atoms with van der Waals surface area (Å²) in [5, 5.41) is 8.97. The average molecular weight is 270 g/mol. The van der Waals surface area contributed by atoms with E-state index in [0.717, 1.165) is 19.4 Å². The van der Waals surface area contributed by atoms with Crippen LogP contribution in [0, 0.1) is 0 Å². The monoisotopic (exact) mass is 270 g/mol. The first-order valence-corrected chi connectivity index (χ1v) is 6.89. The van der Waals surface area contributed by atoms with Gasteiger partial charge in [-0.15, -0.1) is 0 Å². The third-order valence-corrected chi connectivity index (χ3v) is 3.90. The van der Waals surface area contributed by atoms with Crippen LogP contribution in [0.15, 0.2) is 0 Å². The van der Waals surface area contributed by atoms with Gasteiger partial charge in [-0.05, 0) is 33.2 Å². The van der Waals surface area contributed by atoms with Crippen LogP contribution < -0.4 is 0 Å². The van der Waals surface area contributed by atoms with Gasteiger partial charge in [0.2, 0.25) is 5.91 Å². The fourth-order valence-electron chi connectivity index (χ4n) is 2.88. The number of ether oxygens (including phenoxy) is 1. The number of amides is 1. The molecule has 1 unspecified atom stereocenters. The normalized spacial score (nSPS) is 28.9. The van der Waals surface area contributed by atoms with Crippen LogP contribution in [0.5, 0.6) is 0 Å². The number of hydrogen-bond donors (Lipinski definition) is 1. The van der Waals surface area contributed by atoms with Gasteiger partial charge in [-0.3, -0.25) is 9.69 Å². The minimum Gasteiger partial charge on any atom is -0.479 e. The molecule has 6 nitrogen and oxygen atoms in total. The molecule has 2 fully saturated rings. The van der Waals surface area contributed by atoms with Gasteiger partial charge in [-0.1, -0.05) is 0 Å². The summed E-state index contributed by atoms with van der Waals surface area (Å²) in [6.07, 6.45) is 1.01. The quantitative estimate of drug-likeness (QED) is 0.791. The van der Waals surface area contributed by atoms with Crippen molar-refractivity contribution in [3.8, 4) is 0 Å². The Bertz CT molecular complexity index is 359. The van der Waals surface area contributed by atoms with E-state index in [1.165, 1.54) is 0 Å². The number of aliphatic carboxylic acids is 1. The van der Waals surface area contributed by atoms with Gasteiger partial charge >= 0.3 is 5.97 Å². The van der Waals surface area contributed by atoms with E-state index in [9.17, 15) is 9.59 Å². The van der Waals surface area contributed by atoms with Crippen molar-refractivity contribution < 1.29 is 19.4 Å². The van der Waals surface area contributed by atoms with Crippen molar-refractivity contribution in [1.29, 1.82) is 0 Å². The highest BCUT2D eigenvalue weighted by molar-refractivity contribution is 5.83. The van der Waals surface area contributed by atoms with Crippen molar-refractivity contribution in [3.05, 3.63) is 0 Å². The van der Waals surface area contributed by atoms with Crippen LogP contribution in [0.3, 0.4) is 0 Å². The molecule has 2 aliphatic rings. The van der Waals surface area contributed by atoms with Crippen LogP contribution in [-0.4, -0.2) is 71.2 Å². The summed E-state index contributed by atoms with van der Waals surface area (Å²) in [6.45, 7) is 6.08. The standard InChI is InChI=1S/C13H22N2O4/c1-9(2)15-5-3-4-10(15)12(16)14-6-7-19-11(8-14)13(17)18/h9-11H,3-8H2,1-2H3,(H,17,18)/t10-,11?/m0/s1. The summed E-state index contributed by atoms with van der Waals surface area (Å²) in [4.78, 5) is 27.3. The number of morpholine rings is 1. The molecule has 19 heavy (non-hydrogen) atoms. The number of carboxylic acid groups (broad SMARTS) is 1. The lowest BCUT2D eigenvalue weighted by atomic mass is 10.1. The number of carboxylic acids is 1. The number of rotatable bonds is 3. The second-order valence-corrected chi connectivity index (χ2v) is 5.47. The van der Waals surface area contributed by atoms with Gasteiger partial charge in [0.25, 0.3) is 0 Å². The summed E-state index contributed by atoms with van der Waals surface area (Å²) >= 11 is 0. The van der Waals surface area contributed by atoms with Crippen LogP contribution in [0.4, 0.5) is 0 Å². The zero-order chi connectivity index (χ0) is 14.0. The van der Waals surface area contributed by atoms with Crippen molar-refractivity contribution in [2.24, 2.45) is 0 Å².